The highest BCUT2D eigenvalue weighted by molar-refractivity contribution is 5.93. The molecule has 0 bridgehead atoms. The van der Waals surface area contributed by atoms with Gasteiger partial charge in [0, 0.05) is 17.6 Å². The summed E-state index contributed by atoms with van der Waals surface area (Å²) in [5.74, 6) is 0.201. The first-order chi connectivity index (χ1) is 8.58. The quantitative estimate of drug-likeness (QED) is 0.843. The third kappa shape index (κ3) is 2.91. The number of anilines is 1. The lowest BCUT2D eigenvalue weighted by Gasteiger charge is -2.26. The van der Waals surface area contributed by atoms with Crippen molar-refractivity contribution < 1.29 is 4.79 Å². The molecule has 1 amide bonds. The van der Waals surface area contributed by atoms with Gasteiger partial charge in [0.05, 0.1) is 0 Å². The Hall–Kier alpha value is -1.35. The summed E-state index contributed by atoms with van der Waals surface area (Å²) in [4.78, 5) is 12.2. The van der Waals surface area contributed by atoms with E-state index in [1.54, 1.807) is 0 Å². The first-order valence-electron chi connectivity index (χ1n) is 6.70. The summed E-state index contributed by atoms with van der Waals surface area (Å²) in [6.07, 6.45) is 3.89. The van der Waals surface area contributed by atoms with E-state index < -0.39 is 0 Å². The van der Waals surface area contributed by atoms with Crippen LogP contribution in [0.1, 0.15) is 36.8 Å². The molecule has 98 valence electrons. The van der Waals surface area contributed by atoms with E-state index in [-0.39, 0.29) is 17.9 Å². The standard InChI is InChI=1S/C15H22N2O/c1-10-5-3-8-14(11(10)2)17-15(18)12-6-4-7-13(16)9-12/h3,5,8,12-13H,4,6-7,9,16H2,1-2H3,(H,17,18). The molecule has 0 heterocycles. The number of hydrogen-bond donors (Lipinski definition) is 2. The Morgan fingerprint density at radius 3 is 2.83 bits per heavy atom. The van der Waals surface area contributed by atoms with Crippen LogP contribution in [0.25, 0.3) is 0 Å². The summed E-state index contributed by atoms with van der Waals surface area (Å²) in [6, 6.07) is 6.18. The van der Waals surface area contributed by atoms with Crippen molar-refractivity contribution in [3.05, 3.63) is 29.3 Å². The molecule has 1 aliphatic rings. The SMILES string of the molecule is Cc1cccc(NC(=O)C2CCCC(N)C2)c1C. The maximum atomic E-state index is 12.2. The van der Waals surface area contributed by atoms with Gasteiger partial charge in [0.25, 0.3) is 0 Å². The van der Waals surface area contributed by atoms with Crippen LogP contribution in [-0.2, 0) is 4.79 Å². The van der Waals surface area contributed by atoms with Crippen LogP contribution >= 0.6 is 0 Å². The van der Waals surface area contributed by atoms with Gasteiger partial charge in [0.15, 0.2) is 0 Å². The Morgan fingerprint density at radius 2 is 2.11 bits per heavy atom. The van der Waals surface area contributed by atoms with E-state index in [4.69, 9.17) is 5.73 Å². The largest absolute Gasteiger partial charge is 0.328 e. The Morgan fingerprint density at radius 1 is 1.33 bits per heavy atom. The third-order valence-electron chi connectivity index (χ3n) is 3.95. The molecule has 3 heteroatoms. The molecule has 1 fully saturated rings. The van der Waals surface area contributed by atoms with Gasteiger partial charge in [0.2, 0.25) is 5.91 Å². The number of amides is 1. The number of benzene rings is 1. The molecule has 0 aliphatic heterocycles. The molecule has 1 aromatic carbocycles. The fraction of sp³-hybridized carbons (Fsp3) is 0.533. The number of carbonyl (C=O) groups is 1. The third-order valence-corrected chi connectivity index (χ3v) is 3.95. The zero-order valence-corrected chi connectivity index (χ0v) is 11.2. The molecule has 18 heavy (non-hydrogen) atoms. The average Bonchev–Trinajstić information content (AvgIpc) is 2.35. The van der Waals surface area contributed by atoms with Crippen molar-refractivity contribution in [2.75, 3.05) is 5.32 Å². The number of rotatable bonds is 2. The Bertz CT molecular complexity index is 442. The molecule has 0 saturated heterocycles. The highest BCUT2D eigenvalue weighted by atomic mass is 16.1. The zero-order chi connectivity index (χ0) is 13.1. The molecule has 0 radical (unpaired) electrons. The van der Waals surface area contributed by atoms with Crippen molar-refractivity contribution in [2.24, 2.45) is 11.7 Å². The van der Waals surface area contributed by atoms with Crippen LogP contribution in [0.5, 0.6) is 0 Å². The second-order valence-electron chi connectivity index (χ2n) is 5.36. The fourth-order valence-corrected chi connectivity index (χ4v) is 2.59. The molecule has 1 aromatic rings. The predicted octanol–water partition coefficient (Wildman–Crippen LogP) is 2.76. The van der Waals surface area contributed by atoms with Gasteiger partial charge in [-0.25, -0.2) is 0 Å². The average molecular weight is 246 g/mol. The van der Waals surface area contributed by atoms with Crippen molar-refractivity contribution in [1.82, 2.24) is 0 Å². The van der Waals surface area contributed by atoms with Gasteiger partial charge in [0.1, 0.15) is 0 Å². The van der Waals surface area contributed by atoms with Gasteiger partial charge < -0.3 is 11.1 Å². The molecule has 0 spiro atoms. The van der Waals surface area contributed by atoms with E-state index in [0.717, 1.165) is 36.9 Å². The lowest BCUT2D eigenvalue weighted by Crippen LogP contribution is -2.34. The number of nitrogens with two attached hydrogens (primary N) is 1. The number of hydrogen-bond acceptors (Lipinski definition) is 2. The first-order valence-corrected chi connectivity index (χ1v) is 6.70. The van der Waals surface area contributed by atoms with Crippen molar-refractivity contribution in [3.63, 3.8) is 0 Å². The van der Waals surface area contributed by atoms with Gasteiger partial charge in [-0.1, -0.05) is 18.6 Å². The zero-order valence-electron chi connectivity index (χ0n) is 11.2. The summed E-state index contributed by atoms with van der Waals surface area (Å²) in [5.41, 5.74) is 9.21. The summed E-state index contributed by atoms with van der Waals surface area (Å²) >= 11 is 0. The fourth-order valence-electron chi connectivity index (χ4n) is 2.59. The second-order valence-corrected chi connectivity index (χ2v) is 5.36. The minimum Gasteiger partial charge on any atom is -0.328 e. The van der Waals surface area contributed by atoms with E-state index in [2.05, 4.69) is 18.3 Å². The Balaban J connectivity index is 2.04. The number of nitrogens with one attached hydrogen (secondary N) is 1. The Kier molecular flexibility index (Phi) is 4.02. The number of carbonyl (C=O) groups excluding carboxylic acids is 1. The van der Waals surface area contributed by atoms with E-state index in [1.165, 1.54) is 5.56 Å². The van der Waals surface area contributed by atoms with Gasteiger partial charge in [-0.15, -0.1) is 0 Å². The summed E-state index contributed by atoms with van der Waals surface area (Å²) in [6.45, 7) is 4.10. The van der Waals surface area contributed by atoms with E-state index in [1.807, 2.05) is 19.1 Å². The smallest absolute Gasteiger partial charge is 0.227 e. The topological polar surface area (TPSA) is 55.1 Å². The number of aryl methyl sites for hydroxylation is 1. The summed E-state index contributed by atoms with van der Waals surface area (Å²) in [5, 5.41) is 3.05. The van der Waals surface area contributed by atoms with Gasteiger partial charge in [-0.2, -0.15) is 0 Å². The predicted molar refractivity (Wildman–Crippen MR) is 74.5 cm³/mol. The van der Waals surface area contributed by atoms with Crippen LogP contribution in [-0.4, -0.2) is 11.9 Å². The second kappa shape index (κ2) is 5.53. The molecule has 2 unspecified atom stereocenters. The Labute approximate surface area is 109 Å². The van der Waals surface area contributed by atoms with Crippen LogP contribution in [0, 0.1) is 19.8 Å². The maximum Gasteiger partial charge on any atom is 0.227 e. The first kappa shape index (κ1) is 13.1. The monoisotopic (exact) mass is 246 g/mol. The van der Waals surface area contributed by atoms with Crippen LogP contribution in [0.4, 0.5) is 5.69 Å². The minimum atomic E-state index is 0.0775. The molecule has 3 N–H and O–H groups in total. The maximum absolute atomic E-state index is 12.2. The van der Waals surface area contributed by atoms with Gasteiger partial charge >= 0.3 is 0 Å². The molecule has 3 nitrogen and oxygen atoms in total. The highest BCUT2D eigenvalue weighted by Gasteiger charge is 2.25. The van der Waals surface area contributed by atoms with E-state index in [9.17, 15) is 4.79 Å². The molecule has 2 atom stereocenters. The van der Waals surface area contributed by atoms with Crippen molar-refractivity contribution in [3.8, 4) is 0 Å². The van der Waals surface area contributed by atoms with E-state index in [0.29, 0.717) is 0 Å². The van der Waals surface area contributed by atoms with Crippen LogP contribution < -0.4 is 11.1 Å². The van der Waals surface area contributed by atoms with Crippen molar-refractivity contribution in [1.29, 1.82) is 0 Å². The van der Waals surface area contributed by atoms with Crippen molar-refractivity contribution in [2.45, 2.75) is 45.6 Å². The lowest BCUT2D eigenvalue weighted by atomic mass is 9.85. The minimum absolute atomic E-state index is 0.0775. The van der Waals surface area contributed by atoms with Crippen molar-refractivity contribution >= 4 is 11.6 Å². The molecule has 2 rings (SSSR count). The van der Waals surface area contributed by atoms with Crippen LogP contribution in [0.2, 0.25) is 0 Å². The molecular weight excluding hydrogens is 224 g/mol. The summed E-state index contributed by atoms with van der Waals surface area (Å²) < 4.78 is 0. The lowest BCUT2D eigenvalue weighted by molar-refractivity contribution is -0.120. The van der Waals surface area contributed by atoms with E-state index >= 15 is 0 Å². The molecular formula is C15H22N2O. The van der Waals surface area contributed by atoms with Crippen LogP contribution in [0.3, 0.4) is 0 Å². The highest BCUT2D eigenvalue weighted by Crippen LogP contribution is 2.25. The van der Waals surface area contributed by atoms with Gasteiger partial charge in [-0.05, 0) is 50.3 Å². The van der Waals surface area contributed by atoms with Crippen LogP contribution in [0.15, 0.2) is 18.2 Å². The van der Waals surface area contributed by atoms with Gasteiger partial charge in [-0.3, -0.25) is 4.79 Å². The normalized spacial score (nSPS) is 23.7. The molecule has 0 aromatic heterocycles. The summed E-state index contributed by atoms with van der Waals surface area (Å²) in [7, 11) is 0. The molecule has 1 aliphatic carbocycles. The molecule has 1 saturated carbocycles.